The number of nitrogens with zero attached hydrogens (tertiary/aromatic N) is 3. The average molecular weight is 458 g/mol. The number of amidine groups is 1. The largest absolute Gasteiger partial charge is 0.286 e. The molecule has 0 radical (unpaired) electrons. The van der Waals surface area contributed by atoms with Gasteiger partial charge in [0.25, 0.3) is 5.91 Å². The summed E-state index contributed by atoms with van der Waals surface area (Å²) in [6.45, 7) is 4.34. The van der Waals surface area contributed by atoms with E-state index >= 15 is 0 Å². The fourth-order valence-corrected chi connectivity index (χ4v) is 6.47. The van der Waals surface area contributed by atoms with Crippen molar-refractivity contribution in [1.82, 2.24) is 9.21 Å². The van der Waals surface area contributed by atoms with Crippen LogP contribution in [-0.4, -0.2) is 54.9 Å². The van der Waals surface area contributed by atoms with E-state index < -0.39 is 10.0 Å². The Balaban J connectivity index is 1.44. The maximum Gasteiger partial charge on any atom is 0.259 e. The molecule has 31 heavy (non-hydrogen) atoms. The van der Waals surface area contributed by atoms with Gasteiger partial charge < -0.3 is 0 Å². The molecule has 1 saturated heterocycles. The van der Waals surface area contributed by atoms with Crippen molar-refractivity contribution in [3.63, 3.8) is 0 Å². The Hall–Kier alpha value is -2.16. The molecule has 8 heteroatoms. The summed E-state index contributed by atoms with van der Waals surface area (Å²) < 4.78 is 27.2. The predicted octanol–water partition coefficient (Wildman–Crippen LogP) is 3.91. The molecule has 2 aliphatic rings. The molecule has 1 fully saturated rings. The number of aryl methyl sites for hydroxylation is 1. The van der Waals surface area contributed by atoms with Crippen LogP contribution in [0.4, 0.5) is 0 Å². The smallest absolute Gasteiger partial charge is 0.259 e. The summed E-state index contributed by atoms with van der Waals surface area (Å²) in [6.07, 6.45) is 2.86. The lowest BCUT2D eigenvalue weighted by Crippen LogP contribution is -2.35. The lowest BCUT2D eigenvalue weighted by Gasteiger charge is -2.26. The van der Waals surface area contributed by atoms with Crippen LogP contribution in [0.25, 0.3) is 0 Å². The first-order valence-corrected chi connectivity index (χ1v) is 13.0. The van der Waals surface area contributed by atoms with Crippen LogP contribution in [0.2, 0.25) is 0 Å². The Morgan fingerprint density at radius 2 is 1.71 bits per heavy atom. The van der Waals surface area contributed by atoms with Gasteiger partial charge in [-0.25, -0.2) is 8.42 Å². The fourth-order valence-electron chi connectivity index (χ4n) is 3.83. The molecule has 0 bridgehead atoms. The fraction of sp³-hybridized carbons (Fsp3) is 0.391. The van der Waals surface area contributed by atoms with Crippen LogP contribution < -0.4 is 0 Å². The van der Waals surface area contributed by atoms with Crippen molar-refractivity contribution >= 4 is 32.9 Å². The number of thioether (sulfide) groups is 1. The molecule has 0 spiro atoms. The van der Waals surface area contributed by atoms with E-state index in [-0.39, 0.29) is 10.8 Å². The Morgan fingerprint density at radius 1 is 1.00 bits per heavy atom. The maximum absolute atomic E-state index is 13.1. The van der Waals surface area contributed by atoms with Gasteiger partial charge in [-0.3, -0.25) is 14.7 Å². The van der Waals surface area contributed by atoms with Gasteiger partial charge in [0.05, 0.1) is 11.4 Å². The number of hydrogen-bond acceptors (Lipinski definition) is 5. The van der Waals surface area contributed by atoms with E-state index in [1.54, 1.807) is 45.2 Å². The molecule has 2 aliphatic heterocycles. The zero-order valence-corrected chi connectivity index (χ0v) is 19.3. The number of rotatable bonds is 5. The second-order valence-corrected chi connectivity index (χ2v) is 10.7. The lowest BCUT2D eigenvalue weighted by molar-refractivity contribution is 0.0860. The Morgan fingerprint density at radius 3 is 2.42 bits per heavy atom. The molecule has 2 aromatic rings. The molecule has 0 aliphatic carbocycles. The van der Waals surface area contributed by atoms with E-state index in [1.807, 2.05) is 12.1 Å². The molecular formula is C23H27N3O3S2. The Bertz CT molecular complexity index is 1080. The standard InChI is InChI=1S/C23H27N3O3S2/c1-18-7-3-4-8-20(18)17-30-23-24-13-16-26(23)22(27)19-9-11-21(12-10-19)31(28,29)25-14-5-2-6-15-25/h3-4,7-12H,2,5-6,13-17H2,1H3. The Kier molecular flexibility index (Phi) is 6.79. The van der Waals surface area contributed by atoms with Gasteiger partial charge in [-0.2, -0.15) is 4.31 Å². The van der Waals surface area contributed by atoms with E-state index in [4.69, 9.17) is 0 Å². The Labute approximate surface area is 188 Å². The van der Waals surface area contributed by atoms with Crippen LogP contribution in [0.3, 0.4) is 0 Å². The molecule has 0 N–H and O–H groups in total. The number of carbonyl (C=O) groups excluding carboxylic acids is 1. The van der Waals surface area contributed by atoms with Gasteiger partial charge in [-0.05, 0) is 55.2 Å². The summed E-state index contributed by atoms with van der Waals surface area (Å²) in [5, 5.41) is 0.721. The van der Waals surface area contributed by atoms with Gasteiger partial charge in [0.1, 0.15) is 0 Å². The molecule has 4 rings (SSSR count). The van der Waals surface area contributed by atoms with Gasteiger partial charge in [-0.1, -0.05) is 42.4 Å². The normalized spacial score (nSPS) is 17.6. The quantitative estimate of drug-likeness (QED) is 0.683. The zero-order valence-electron chi connectivity index (χ0n) is 17.7. The summed E-state index contributed by atoms with van der Waals surface area (Å²) in [5.41, 5.74) is 2.92. The summed E-state index contributed by atoms with van der Waals surface area (Å²) in [6, 6.07) is 14.5. The summed E-state index contributed by atoms with van der Waals surface area (Å²) >= 11 is 1.56. The number of benzene rings is 2. The van der Waals surface area contributed by atoms with Crippen molar-refractivity contribution < 1.29 is 13.2 Å². The molecule has 6 nitrogen and oxygen atoms in total. The van der Waals surface area contributed by atoms with Gasteiger partial charge in [0, 0.05) is 31.0 Å². The minimum absolute atomic E-state index is 0.143. The second kappa shape index (κ2) is 9.54. The highest BCUT2D eigenvalue weighted by molar-refractivity contribution is 8.13. The van der Waals surface area contributed by atoms with Gasteiger partial charge >= 0.3 is 0 Å². The molecule has 164 valence electrons. The number of sulfonamides is 1. The van der Waals surface area contributed by atoms with E-state index in [0.717, 1.165) is 30.2 Å². The number of carbonyl (C=O) groups is 1. The van der Waals surface area contributed by atoms with Gasteiger partial charge in [-0.15, -0.1) is 0 Å². The molecule has 0 atom stereocenters. The summed E-state index contributed by atoms with van der Waals surface area (Å²) in [7, 11) is -3.50. The molecular weight excluding hydrogens is 430 g/mol. The van der Waals surface area contributed by atoms with Crippen molar-refractivity contribution in [2.24, 2.45) is 4.99 Å². The van der Waals surface area contributed by atoms with Crippen LogP contribution in [0.1, 0.15) is 40.7 Å². The van der Waals surface area contributed by atoms with Gasteiger partial charge in [0.2, 0.25) is 10.0 Å². The molecule has 2 heterocycles. The first-order chi connectivity index (χ1) is 15.0. The van der Waals surface area contributed by atoms with Crippen LogP contribution in [-0.2, 0) is 15.8 Å². The minimum atomic E-state index is -3.50. The van der Waals surface area contributed by atoms with Crippen molar-refractivity contribution in [3.8, 4) is 0 Å². The topological polar surface area (TPSA) is 70.0 Å². The number of piperidine rings is 1. The van der Waals surface area contributed by atoms with Crippen molar-refractivity contribution in [2.75, 3.05) is 26.2 Å². The highest BCUT2D eigenvalue weighted by atomic mass is 32.2. The molecule has 0 saturated carbocycles. The first-order valence-electron chi connectivity index (χ1n) is 10.6. The van der Waals surface area contributed by atoms with Crippen molar-refractivity contribution in [2.45, 2.75) is 36.8 Å². The molecule has 2 aromatic carbocycles. The lowest BCUT2D eigenvalue weighted by atomic mass is 10.1. The van der Waals surface area contributed by atoms with E-state index in [2.05, 4.69) is 24.0 Å². The highest BCUT2D eigenvalue weighted by Crippen LogP contribution is 2.24. The third-order valence-electron chi connectivity index (χ3n) is 5.72. The van der Waals surface area contributed by atoms with Crippen molar-refractivity contribution in [3.05, 3.63) is 65.2 Å². The maximum atomic E-state index is 13.1. The highest BCUT2D eigenvalue weighted by Gasteiger charge is 2.28. The predicted molar refractivity (Wildman–Crippen MR) is 125 cm³/mol. The van der Waals surface area contributed by atoms with Crippen molar-refractivity contribution in [1.29, 1.82) is 0 Å². The van der Waals surface area contributed by atoms with Crippen LogP contribution in [0.5, 0.6) is 0 Å². The number of amides is 1. The van der Waals surface area contributed by atoms with E-state index in [9.17, 15) is 13.2 Å². The zero-order chi connectivity index (χ0) is 21.8. The average Bonchev–Trinajstić information content (AvgIpc) is 3.27. The van der Waals surface area contributed by atoms with Crippen LogP contribution >= 0.6 is 11.8 Å². The third kappa shape index (κ3) is 4.86. The van der Waals surface area contributed by atoms with E-state index in [1.165, 1.54) is 11.1 Å². The van der Waals surface area contributed by atoms with E-state index in [0.29, 0.717) is 31.7 Å². The van der Waals surface area contributed by atoms with Crippen LogP contribution in [0, 0.1) is 6.92 Å². The summed E-state index contributed by atoms with van der Waals surface area (Å²) in [4.78, 5) is 19.5. The second-order valence-electron chi connectivity index (χ2n) is 7.83. The number of hydrogen-bond donors (Lipinski definition) is 0. The molecule has 0 aromatic heterocycles. The van der Waals surface area contributed by atoms with Crippen LogP contribution in [0.15, 0.2) is 58.4 Å². The third-order valence-corrected chi connectivity index (χ3v) is 8.69. The molecule has 0 unspecified atom stereocenters. The van der Waals surface area contributed by atoms with Gasteiger partial charge in [0.15, 0.2) is 5.17 Å². The molecule has 1 amide bonds. The first kappa shape index (κ1) is 22.0. The minimum Gasteiger partial charge on any atom is -0.286 e. The SMILES string of the molecule is Cc1ccccc1CSC1=NCCN1C(=O)c1ccc(S(=O)(=O)N2CCCCC2)cc1. The number of aliphatic imine (C=N–C) groups is 1. The summed E-state index contributed by atoms with van der Waals surface area (Å²) in [5.74, 6) is 0.609. The monoisotopic (exact) mass is 457 g/mol.